The molecule has 0 fully saturated rings. The Morgan fingerprint density at radius 1 is 1.14 bits per heavy atom. The number of nitrogens with zero attached hydrogens (tertiary/aromatic N) is 4. The number of hydrogen-bond acceptors (Lipinski definition) is 5. The molecule has 0 aliphatic rings. The monoisotopic (exact) mass is 409 g/mol. The molecule has 0 saturated carbocycles. The van der Waals surface area contributed by atoms with Gasteiger partial charge in [0.25, 0.3) is 5.88 Å². The number of ether oxygens (including phenoxy) is 1. The number of rotatable bonds is 5. The fourth-order valence-corrected chi connectivity index (χ4v) is 2.81. The smallest absolute Gasteiger partial charge is 0.351 e. The lowest BCUT2D eigenvalue weighted by atomic mass is 10.2. The van der Waals surface area contributed by atoms with Crippen LogP contribution in [0.4, 0.5) is 5.69 Å². The minimum Gasteiger partial charge on any atom is -0.436 e. The number of amides is 1. The van der Waals surface area contributed by atoms with Crippen molar-refractivity contribution in [2.75, 3.05) is 5.32 Å². The van der Waals surface area contributed by atoms with Gasteiger partial charge in [0.05, 0.1) is 0 Å². The van der Waals surface area contributed by atoms with E-state index in [0.29, 0.717) is 16.5 Å². The third-order valence-corrected chi connectivity index (χ3v) is 4.38. The van der Waals surface area contributed by atoms with Crippen LogP contribution in [-0.2, 0) is 11.3 Å². The first-order valence-corrected chi connectivity index (χ1v) is 9.11. The quantitative estimate of drug-likeness (QED) is 0.546. The highest BCUT2D eigenvalue weighted by molar-refractivity contribution is 6.30. The summed E-state index contributed by atoms with van der Waals surface area (Å²) in [6.45, 7) is 1.72. The van der Waals surface area contributed by atoms with E-state index in [4.69, 9.17) is 16.3 Å². The van der Waals surface area contributed by atoms with Crippen molar-refractivity contribution < 1.29 is 9.53 Å². The summed E-state index contributed by atoms with van der Waals surface area (Å²) >= 11 is 5.88. The maximum absolute atomic E-state index is 12.6. The maximum atomic E-state index is 12.6. The predicted molar refractivity (Wildman–Crippen MR) is 109 cm³/mol. The van der Waals surface area contributed by atoms with Gasteiger partial charge in [-0.25, -0.2) is 18.9 Å². The van der Waals surface area contributed by atoms with Crippen molar-refractivity contribution in [3.63, 3.8) is 0 Å². The van der Waals surface area contributed by atoms with Crippen molar-refractivity contribution in [2.45, 2.75) is 13.5 Å². The maximum Gasteiger partial charge on any atom is 0.351 e. The summed E-state index contributed by atoms with van der Waals surface area (Å²) in [6.07, 6.45) is 2.89. The minimum absolute atomic E-state index is 0.143. The first-order chi connectivity index (χ1) is 14.0. The van der Waals surface area contributed by atoms with Crippen molar-refractivity contribution in [2.24, 2.45) is 0 Å². The molecule has 0 atom stereocenters. The van der Waals surface area contributed by atoms with Crippen LogP contribution in [0.3, 0.4) is 0 Å². The van der Waals surface area contributed by atoms with Crippen LogP contribution >= 0.6 is 11.6 Å². The average molecular weight is 410 g/mol. The number of aromatic nitrogens is 4. The molecule has 2 heterocycles. The Balaban J connectivity index is 1.58. The Kier molecular flexibility index (Phi) is 5.01. The lowest BCUT2D eigenvalue weighted by Gasteiger charge is -2.05. The molecule has 2 aromatic heterocycles. The summed E-state index contributed by atoms with van der Waals surface area (Å²) in [6, 6.07) is 14.1. The van der Waals surface area contributed by atoms with Crippen LogP contribution < -0.4 is 15.7 Å². The van der Waals surface area contributed by atoms with Gasteiger partial charge >= 0.3 is 5.69 Å². The molecule has 2 aromatic carbocycles. The molecule has 1 amide bonds. The Morgan fingerprint density at radius 3 is 2.59 bits per heavy atom. The molecule has 29 heavy (non-hydrogen) atoms. The second-order valence-electron chi connectivity index (χ2n) is 6.34. The van der Waals surface area contributed by atoms with Gasteiger partial charge in [-0.15, -0.1) is 5.10 Å². The highest BCUT2D eigenvalue weighted by atomic mass is 35.5. The van der Waals surface area contributed by atoms with Crippen LogP contribution in [-0.4, -0.2) is 25.1 Å². The molecular formula is C20H16ClN5O3. The van der Waals surface area contributed by atoms with Gasteiger partial charge in [0.1, 0.15) is 12.3 Å². The number of aryl methyl sites for hydroxylation is 1. The molecule has 0 bridgehead atoms. The van der Waals surface area contributed by atoms with Crippen molar-refractivity contribution in [1.29, 1.82) is 0 Å². The topological polar surface area (TPSA) is 90.5 Å². The Morgan fingerprint density at radius 2 is 1.86 bits per heavy atom. The first kappa shape index (κ1) is 18.7. The lowest BCUT2D eigenvalue weighted by molar-refractivity contribution is -0.117. The molecule has 0 aliphatic heterocycles. The van der Waals surface area contributed by atoms with Gasteiger partial charge in [0, 0.05) is 23.1 Å². The highest BCUT2D eigenvalue weighted by Crippen LogP contribution is 2.23. The van der Waals surface area contributed by atoms with Crippen LogP contribution in [0.2, 0.25) is 5.02 Å². The fraction of sp³-hybridized carbons (Fsp3) is 0.100. The summed E-state index contributed by atoms with van der Waals surface area (Å²) in [5.74, 6) is 0.270. The van der Waals surface area contributed by atoms with Crippen molar-refractivity contribution in [3.05, 3.63) is 82.0 Å². The van der Waals surface area contributed by atoms with E-state index in [1.165, 1.54) is 16.8 Å². The van der Waals surface area contributed by atoms with E-state index in [-0.39, 0.29) is 24.0 Å². The summed E-state index contributed by atoms with van der Waals surface area (Å²) in [4.78, 5) is 29.1. The van der Waals surface area contributed by atoms with E-state index in [1.807, 2.05) is 19.1 Å². The van der Waals surface area contributed by atoms with Crippen molar-refractivity contribution in [1.82, 2.24) is 19.2 Å². The molecule has 0 saturated heterocycles. The van der Waals surface area contributed by atoms with Crippen LogP contribution in [0.25, 0.3) is 5.65 Å². The number of carbonyl (C=O) groups is 1. The number of benzene rings is 2. The van der Waals surface area contributed by atoms with Crippen LogP contribution in [0.5, 0.6) is 11.6 Å². The average Bonchev–Trinajstić information content (AvgIpc) is 3.02. The zero-order chi connectivity index (χ0) is 20.4. The predicted octanol–water partition coefficient (Wildman–Crippen LogP) is 3.28. The number of anilines is 1. The van der Waals surface area contributed by atoms with Gasteiger partial charge in [-0.1, -0.05) is 29.3 Å². The Labute approximate surface area is 170 Å². The van der Waals surface area contributed by atoms with Crippen molar-refractivity contribution in [3.8, 4) is 11.6 Å². The third-order valence-electron chi connectivity index (χ3n) is 4.13. The number of halogens is 1. The minimum atomic E-state index is -0.470. The third kappa shape index (κ3) is 4.12. The van der Waals surface area contributed by atoms with Crippen LogP contribution in [0, 0.1) is 6.92 Å². The molecule has 8 nitrogen and oxygen atoms in total. The van der Waals surface area contributed by atoms with E-state index >= 15 is 0 Å². The van der Waals surface area contributed by atoms with Crippen LogP contribution in [0.15, 0.2) is 65.7 Å². The lowest BCUT2D eigenvalue weighted by Crippen LogP contribution is -2.28. The molecule has 0 unspecified atom stereocenters. The van der Waals surface area contributed by atoms with E-state index in [0.717, 1.165) is 10.2 Å². The second kappa shape index (κ2) is 7.76. The number of fused-ring (bicyclic) bond motifs is 1. The summed E-state index contributed by atoms with van der Waals surface area (Å²) < 4.78 is 8.06. The second-order valence-corrected chi connectivity index (χ2v) is 6.77. The highest BCUT2D eigenvalue weighted by Gasteiger charge is 2.15. The van der Waals surface area contributed by atoms with Gasteiger partial charge in [-0.05, 0) is 43.3 Å². The van der Waals surface area contributed by atoms with E-state index in [2.05, 4.69) is 15.4 Å². The molecule has 146 valence electrons. The molecule has 4 aromatic rings. The molecule has 0 spiro atoms. The first-order valence-electron chi connectivity index (χ1n) is 8.74. The summed E-state index contributed by atoms with van der Waals surface area (Å²) in [5, 5.41) is 7.53. The van der Waals surface area contributed by atoms with Gasteiger partial charge in [-0.3, -0.25) is 4.79 Å². The molecule has 0 radical (unpaired) electrons. The van der Waals surface area contributed by atoms with E-state index in [9.17, 15) is 9.59 Å². The molecule has 0 aliphatic carbocycles. The van der Waals surface area contributed by atoms with Crippen LogP contribution in [0.1, 0.15) is 5.56 Å². The summed E-state index contributed by atoms with van der Waals surface area (Å²) in [5.41, 5.74) is 1.46. The van der Waals surface area contributed by atoms with E-state index < -0.39 is 5.69 Å². The summed E-state index contributed by atoms with van der Waals surface area (Å²) in [7, 11) is 0. The Hall–Kier alpha value is -3.65. The zero-order valence-corrected chi connectivity index (χ0v) is 16.1. The zero-order valence-electron chi connectivity index (χ0n) is 15.4. The molecule has 4 rings (SSSR count). The molecular weight excluding hydrogens is 394 g/mol. The van der Waals surface area contributed by atoms with Gasteiger partial charge < -0.3 is 10.1 Å². The van der Waals surface area contributed by atoms with E-state index in [1.54, 1.807) is 36.4 Å². The molecule has 1 N–H and O–H groups in total. The number of carbonyl (C=O) groups excluding carboxylic acids is 1. The fourth-order valence-electron chi connectivity index (χ4n) is 2.69. The number of hydrogen-bond donors (Lipinski definition) is 1. The SMILES string of the molecule is Cc1ccc(NC(=O)Cn2nc3c(Oc4ccc(Cl)cc4)nccn3c2=O)cc1. The normalized spacial score (nSPS) is 10.8. The van der Waals surface area contributed by atoms with Gasteiger partial charge in [0.2, 0.25) is 11.6 Å². The van der Waals surface area contributed by atoms with Gasteiger partial charge in [-0.2, -0.15) is 0 Å². The number of nitrogens with one attached hydrogen (secondary N) is 1. The Bertz CT molecular complexity index is 1230. The van der Waals surface area contributed by atoms with Crippen molar-refractivity contribution >= 4 is 28.8 Å². The van der Waals surface area contributed by atoms with Gasteiger partial charge in [0.15, 0.2) is 0 Å². The molecule has 9 heteroatoms. The standard InChI is InChI=1S/C20H16ClN5O3/c1-13-2-6-15(7-3-13)23-17(27)12-26-20(28)25-11-10-22-19(18(25)24-26)29-16-8-4-14(21)5-9-16/h2-11H,12H2,1H3,(H,23,27). The largest absolute Gasteiger partial charge is 0.436 e.